The number of aromatic hydroxyl groups is 1. The van der Waals surface area contributed by atoms with Crippen LogP contribution in [0.15, 0.2) is 30.4 Å². The van der Waals surface area contributed by atoms with Gasteiger partial charge in [0.25, 0.3) is 0 Å². The number of carbonyl (C=O) groups excluding carboxylic acids is 1. The van der Waals surface area contributed by atoms with Crippen LogP contribution < -0.4 is 10.1 Å². The van der Waals surface area contributed by atoms with E-state index in [9.17, 15) is 15.0 Å². The summed E-state index contributed by atoms with van der Waals surface area (Å²) in [7, 11) is 1.49. The number of hydrogen-bond acceptors (Lipinski definition) is 4. The number of nitrogens with one attached hydrogen (secondary N) is 1. The zero-order chi connectivity index (χ0) is 17.2. The molecule has 3 N–H and O–H groups in total. The molecule has 1 unspecified atom stereocenters. The van der Waals surface area contributed by atoms with Crippen molar-refractivity contribution in [1.82, 2.24) is 5.32 Å². The molecule has 1 rings (SSSR count). The molecule has 0 saturated heterocycles. The van der Waals surface area contributed by atoms with Crippen molar-refractivity contribution in [3.05, 3.63) is 35.9 Å². The summed E-state index contributed by atoms with van der Waals surface area (Å²) in [6.45, 7) is 4.32. The maximum absolute atomic E-state index is 11.8. The van der Waals surface area contributed by atoms with E-state index in [0.29, 0.717) is 18.7 Å². The van der Waals surface area contributed by atoms with E-state index in [2.05, 4.69) is 5.32 Å². The monoisotopic (exact) mass is 321 g/mol. The molecule has 1 atom stereocenters. The van der Waals surface area contributed by atoms with Crippen molar-refractivity contribution in [3.63, 3.8) is 0 Å². The van der Waals surface area contributed by atoms with Crippen LogP contribution in [0.5, 0.6) is 11.5 Å². The molecule has 1 aromatic rings. The van der Waals surface area contributed by atoms with Crippen LogP contribution in [-0.4, -0.2) is 29.3 Å². The van der Waals surface area contributed by atoms with Crippen LogP contribution in [0.1, 0.15) is 38.7 Å². The molecule has 0 heterocycles. The number of rotatable bonds is 9. The standard InChI is InChI=1S/C18H27NO4/c1-13(2)15(20)7-5-4-6-8-18(22)19-12-14-9-10-16(21)17(11-14)23-3/h5,7,9-11,13,15,20-21H,4,6,8,12H2,1-3H3,(H,19,22)/b7-5+. The van der Waals surface area contributed by atoms with Gasteiger partial charge >= 0.3 is 0 Å². The number of phenolic OH excluding ortho intramolecular Hbond substituents is 1. The number of methoxy groups -OCH3 is 1. The van der Waals surface area contributed by atoms with Gasteiger partial charge in [0.15, 0.2) is 11.5 Å². The van der Waals surface area contributed by atoms with Crippen molar-refractivity contribution in [1.29, 1.82) is 0 Å². The first-order valence-corrected chi connectivity index (χ1v) is 7.91. The number of allylic oxidation sites excluding steroid dienone is 1. The molecule has 5 nitrogen and oxygen atoms in total. The predicted molar refractivity (Wildman–Crippen MR) is 90.3 cm³/mol. The third-order valence-corrected chi connectivity index (χ3v) is 3.52. The molecule has 0 aliphatic heterocycles. The van der Waals surface area contributed by atoms with Gasteiger partial charge in [-0.1, -0.05) is 32.1 Å². The maximum atomic E-state index is 11.8. The third-order valence-electron chi connectivity index (χ3n) is 3.52. The van der Waals surface area contributed by atoms with Crippen LogP contribution in [0.4, 0.5) is 0 Å². The first-order chi connectivity index (χ1) is 10.9. The lowest BCUT2D eigenvalue weighted by molar-refractivity contribution is -0.121. The molecular formula is C18H27NO4. The summed E-state index contributed by atoms with van der Waals surface area (Å²) in [5.74, 6) is 0.662. The first-order valence-electron chi connectivity index (χ1n) is 7.91. The Hall–Kier alpha value is -2.01. The van der Waals surface area contributed by atoms with Crippen LogP contribution in [-0.2, 0) is 11.3 Å². The van der Waals surface area contributed by atoms with Gasteiger partial charge < -0.3 is 20.3 Å². The van der Waals surface area contributed by atoms with Crippen molar-refractivity contribution in [2.24, 2.45) is 5.92 Å². The lowest BCUT2D eigenvalue weighted by Gasteiger charge is -2.09. The molecule has 0 aliphatic carbocycles. The summed E-state index contributed by atoms with van der Waals surface area (Å²) >= 11 is 0. The lowest BCUT2D eigenvalue weighted by Crippen LogP contribution is -2.22. The maximum Gasteiger partial charge on any atom is 0.220 e. The molecule has 0 bridgehead atoms. The van der Waals surface area contributed by atoms with E-state index in [1.807, 2.05) is 19.9 Å². The van der Waals surface area contributed by atoms with Crippen LogP contribution in [0.2, 0.25) is 0 Å². The number of amides is 1. The van der Waals surface area contributed by atoms with Gasteiger partial charge in [-0.2, -0.15) is 0 Å². The summed E-state index contributed by atoms with van der Waals surface area (Å²) in [5, 5.41) is 22.0. The van der Waals surface area contributed by atoms with Crippen molar-refractivity contribution in [2.45, 2.75) is 45.8 Å². The van der Waals surface area contributed by atoms with Crippen LogP contribution in [0.25, 0.3) is 0 Å². The molecule has 0 fully saturated rings. The van der Waals surface area contributed by atoms with Gasteiger partial charge in [-0.25, -0.2) is 0 Å². The number of aliphatic hydroxyl groups is 1. The molecule has 128 valence electrons. The largest absolute Gasteiger partial charge is 0.504 e. The Bertz CT molecular complexity index is 526. The van der Waals surface area contributed by atoms with Crippen LogP contribution >= 0.6 is 0 Å². The Morgan fingerprint density at radius 3 is 2.78 bits per heavy atom. The molecule has 23 heavy (non-hydrogen) atoms. The quantitative estimate of drug-likeness (QED) is 0.483. The summed E-state index contributed by atoms with van der Waals surface area (Å²) in [4.78, 5) is 11.8. The van der Waals surface area contributed by atoms with Crippen molar-refractivity contribution < 1.29 is 19.7 Å². The summed E-state index contributed by atoms with van der Waals surface area (Å²) in [6.07, 6.45) is 5.23. The molecule has 0 aliphatic rings. The van der Waals surface area contributed by atoms with Gasteiger partial charge in [-0.3, -0.25) is 4.79 Å². The summed E-state index contributed by atoms with van der Waals surface area (Å²) < 4.78 is 5.03. The van der Waals surface area contributed by atoms with Crippen molar-refractivity contribution >= 4 is 5.91 Å². The van der Waals surface area contributed by atoms with Gasteiger partial charge in [0.05, 0.1) is 13.2 Å². The summed E-state index contributed by atoms with van der Waals surface area (Å²) in [5.41, 5.74) is 0.868. The van der Waals surface area contributed by atoms with E-state index in [1.165, 1.54) is 7.11 Å². The number of phenols is 1. The molecule has 1 amide bonds. The average Bonchev–Trinajstić information content (AvgIpc) is 2.53. The second-order valence-electron chi connectivity index (χ2n) is 5.84. The Morgan fingerprint density at radius 1 is 1.39 bits per heavy atom. The zero-order valence-corrected chi connectivity index (χ0v) is 14.1. The van der Waals surface area contributed by atoms with E-state index < -0.39 is 6.10 Å². The summed E-state index contributed by atoms with van der Waals surface area (Å²) in [6, 6.07) is 4.99. The topological polar surface area (TPSA) is 78.8 Å². The molecule has 1 aromatic carbocycles. The highest BCUT2D eigenvalue weighted by Crippen LogP contribution is 2.26. The fraction of sp³-hybridized carbons (Fsp3) is 0.500. The fourth-order valence-corrected chi connectivity index (χ4v) is 1.96. The highest BCUT2D eigenvalue weighted by atomic mass is 16.5. The zero-order valence-electron chi connectivity index (χ0n) is 14.1. The molecular weight excluding hydrogens is 294 g/mol. The van der Waals surface area contributed by atoms with E-state index >= 15 is 0 Å². The van der Waals surface area contributed by atoms with E-state index in [4.69, 9.17) is 4.74 Å². The average molecular weight is 321 g/mol. The molecule has 0 spiro atoms. The third kappa shape index (κ3) is 7.19. The van der Waals surface area contributed by atoms with Gasteiger partial charge in [0, 0.05) is 13.0 Å². The minimum absolute atomic E-state index is 0.0187. The second-order valence-corrected chi connectivity index (χ2v) is 5.84. The molecule has 0 saturated carbocycles. The van der Waals surface area contributed by atoms with Crippen LogP contribution in [0, 0.1) is 5.92 Å². The lowest BCUT2D eigenvalue weighted by atomic mass is 10.1. The minimum Gasteiger partial charge on any atom is -0.504 e. The number of hydrogen-bond donors (Lipinski definition) is 3. The SMILES string of the molecule is COc1cc(CNC(=O)CCC/C=C/C(O)C(C)C)ccc1O. The van der Waals surface area contributed by atoms with Gasteiger partial charge in [-0.05, 0) is 36.5 Å². The number of unbranched alkanes of at least 4 members (excludes halogenated alkanes) is 1. The van der Waals surface area contributed by atoms with E-state index in [1.54, 1.807) is 24.3 Å². The molecule has 0 radical (unpaired) electrons. The number of aliphatic hydroxyl groups excluding tert-OH is 1. The van der Waals surface area contributed by atoms with E-state index in [0.717, 1.165) is 18.4 Å². The fourth-order valence-electron chi connectivity index (χ4n) is 1.96. The van der Waals surface area contributed by atoms with Gasteiger partial charge in [-0.15, -0.1) is 0 Å². The smallest absolute Gasteiger partial charge is 0.220 e. The second kappa shape index (κ2) is 9.90. The Labute approximate surface area is 138 Å². The van der Waals surface area contributed by atoms with Crippen molar-refractivity contribution in [3.8, 4) is 11.5 Å². The first kappa shape index (κ1) is 19.0. The Morgan fingerprint density at radius 2 is 2.13 bits per heavy atom. The highest BCUT2D eigenvalue weighted by molar-refractivity contribution is 5.75. The molecule has 0 aromatic heterocycles. The molecule has 5 heteroatoms. The number of benzene rings is 1. The van der Waals surface area contributed by atoms with Crippen molar-refractivity contribution in [2.75, 3.05) is 7.11 Å². The van der Waals surface area contributed by atoms with Gasteiger partial charge in [0.1, 0.15) is 0 Å². The number of carbonyl (C=O) groups is 1. The van der Waals surface area contributed by atoms with Crippen LogP contribution in [0.3, 0.4) is 0 Å². The van der Waals surface area contributed by atoms with E-state index in [-0.39, 0.29) is 17.6 Å². The Balaban J connectivity index is 2.27. The highest BCUT2D eigenvalue weighted by Gasteiger charge is 2.05. The normalized spacial score (nSPS) is 12.6. The Kier molecular flexibility index (Phi) is 8.19. The van der Waals surface area contributed by atoms with Gasteiger partial charge in [0.2, 0.25) is 5.91 Å². The predicted octanol–water partition coefficient (Wildman–Crippen LogP) is 2.76. The number of ether oxygens (including phenoxy) is 1. The minimum atomic E-state index is -0.423.